The second-order valence-corrected chi connectivity index (χ2v) is 29.0. The van der Waals surface area contributed by atoms with Crippen LogP contribution in [0.4, 0.5) is 0 Å². The van der Waals surface area contributed by atoms with Crippen LogP contribution in [0.15, 0.2) is 54.5 Å². The Balaban J connectivity index is 1.29. The number of thioether (sulfide) groups is 12. The van der Waals surface area contributed by atoms with Crippen molar-refractivity contribution in [3.63, 3.8) is 0 Å². The van der Waals surface area contributed by atoms with E-state index in [0.717, 1.165) is 0 Å². The van der Waals surface area contributed by atoms with Gasteiger partial charge >= 0.3 is 0 Å². The van der Waals surface area contributed by atoms with E-state index in [0.29, 0.717) is 0 Å². The molecule has 12 heteroatoms. The van der Waals surface area contributed by atoms with Gasteiger partial charge < -0.3 is 0 Å². The van der Waals surface area contributed by atoms with Gasteiger partial charge in [-0.15, -0.1) is 47.0 Å². The molecule has 0 aromatic heterocycles. The molecule has 4 aliphatic heterocycles. The highest BCUT2D eigenvalue weighted by molar-refractivity contribution is 8.43. The lowest BCUT2D eigenvalue weighted by molar-refractivity contribution is 0.627. The Bertz CT molecular complexity index is 1160. The lowest BCUT2D eigenvalue weighted by Crippen LogP contribution is -1.84. The first-order valence-electron chi connectivity index (χ1n) is 22.0. The van der Waals surface area contributed by atoms with Crippen molar-refractivity contribution in [2.75, 3.05) is 23.0 Å². The molecule has 0 nitrogen and oxygen atoms in total. The van der Waals surface area contributed by atoms with Gasteiger partial charge in [0.2, 0.25) is 0 Å². The summed E-state index contributed by atoms with van der Waals surface area (Å²) >= 11 is 25.0. The SMILES string of the molecule is CCCCCCCCSC1=C(SCCCCCCCC)SC(=C2SC=C(C3=CSC(=C4SC(SCCCCCCCC)=C(SCCCCCCCC)S4)S3)S2)S1. The van der Waals surface area contributed by atoms with Gasteiger partial charge in [-0.1, -0.05) is 250 Å². The molecular weight excluding hydrogens is 913 g/mol. The van der Waals surface area contributed by atoms with Gasteiger partial charge in [0.1, 0.15) is 0 Å². The minimum absolute atomic E-state index is 1.27. The van der Waals surface area contributed by atoms with Crippen molar-refractivity contribution < 1.29 is 0 Å². The maximum atomic E-state index is 2.45. The van der Waals surface area contributed by atoms with Crippen LogP contribution in [0.2, 0.25) is 0 Å². The van der Waals surface area contributed by atoms with Crippen molar-refractivity contribution in [3.05, 3.63) is 54.5 Å². The van der Waals surface area contributed by atoms with Crippen molar-refractivity contribution in [2.24, 2.45) is 0 Å². The highest BCUT2D eigenvalue weighted by Gasteiger charge is 2.32. The van der Waals surface area contributed by atoms with Crippen LogP contribution in [0.3, 0.4) is 0 Å². The van der Waals surface area contributed by atoms with E-state index in [1.165, 1.54) is 204 Å². The van der Waals surface area contributed by atoms with Gasteiger partial charge in [-0.05, 0) is 59.5 Å². The summed E-state index contributed by atoms with van der Waals surface area (Å²) in [6, 6.07) is 0. The predicted octanol–water partition coefficient (Wildman–Crippen LogP) is 21.5. The lowest BCUT2D eigenvalue weighted by Gasteiger charge is -2.05. The van der Waals surface area contributed by atoms with Crippen LogP contribution >= 0.6 is 141 Å². The molecule has 0 unspecified atom stereocenters. The molecule has 0 aromatic rings. The van der Waals surface area contributed by atoms with Crippen LogP contribution in [0, 0.1) is 0 Å². The van der Waals surface area contributed by atoms with E-state index >= 15 is 0 Å². The third-order valence-electron chi connectivity index (χ3n) is 9.53. The molecule has 0 radical (unpaired) electrons. The average molecular weight is 984 g/mol. The van der Waals surface area contributed by atoms with Crippen LogP contribution in [0.25, 0.3) is 0 Å². The van der Waals surface area contributed by atoms with Crippen molar-refractivity contribution in [3.8, 4) is 0 Å². The third-order valence-corrected chi connectivity index (χ3v) is 26.9. The van der Waals surface area contributed by atoms with Gasteiger partial charge in [0.05, 0.1) is 33.9 Å². The van der Waals surface area contributed by atoms with Gasteiger partial charge in [-0.25, -0.2) is 0 Å². The molecule has 4 rings (SSSR count). The molecule has 0 aromatic carbocycles. The maximum Gasteiger partial charge on any atom is 0.0717 e. The molecule has 0 saturated carbocycles. The summed E-state index contributed by atoms with van der Waals surface area (Å²) in [6.07, 6.45) is 33.1. The number of unbranched alkanes of at least 4 members (excludes halogenated alkanes) is 20. The zero-order valence-electron chi connectivity index (χ0n) is 34.9. The molecule has 0 amide bonds. The fourth-order valence-corrected chi connectivity index (χ4v) is 23.6. The van der Waals surface area contributed by atoms with Crippen LogP contribution < -0.4 is 0 Å². The molecule has 56 heavy (non-hydrogen) atoms. The van der Waals surface area contributed by atoms with E-state index in [9.17, 15) is 0 Å². The fraction of sp³-hybridized carbons (Fsp3) is 0.727. The van der Waals surface area contributed by atoms with E-state index in [2.05, 4.69) is 133 Å². The molecule has 4 heterocycles. The van der Waals surface area contributed by atoms with Crippen LogP contribution in [0.1, 0.15) is 182 Å². The monoisotopic (exact) mass is 982 g/mol. The van der Waals surface area contributed by atoms with E-state index in [1.807, 2.05) is 47.0 Å². The standard InChI is InChI=1S/C44H70S12/c1-5-9-13-17-21-25-29-45-37-38(46-30-26-22-18-14-10-6-2)54-43(53-37)41-49-33-35(51-41)36-34-50-42(52-36)44-55-39(47-31-27-23-19-15-11-7-3)40(56-44)48-32-28-24-20-16-12-8-4/h33-34H,5-32H2,1-4H3. The number of hydrogen-bond acceptors (Lipinski definition) is 12. The zero-order valence-corrected chi connectivity index (χ0v) is 44.7. The first-order valence-corrected chi connectivity index (χ1v) is 32.6. The Morgan fingerprint density at radius 3 is 0.821 bits per heavy atom. The van der Waals surface area contributed by atoms with Crippen molar-refractivity contribution in [1.29, 1.82) is 0 Å². The van der Waals surface area contributed by atoms with Crippen molar-refractivity contribution >= 4 is 141 Å². The van der Waals surface area contributed by atoms with Crippen molar-refractivity contribution in [2.45, 2.75) is 182 Å². The van der Waals surface area contributed by atoms with Crippen LogP contribution in [-0.2, 0) is 0 Å². The smallest absolute Gasteiger partial charge is 0.0717 e. The van der Waals surface area contributed by atoms with Gasteiger partial charge in [0, 0.05) is 9.81 Å². The van der Waals surface area contributed by atoms with Gasteiger partial charge in [0.25, 0.3) is 0 Å². The molecule has 0 atom stereocenters. The Labute approximate surface area is 396 Å². The van der Waals surface area contributed by atoms with E-state index in [4.69, 9.17) is 0 Å². The minimum Gasteiger partial charge on any atom is -0.117 e. The highest BCUT2D eigenvalue weighted by Crippen LogP contribution is 2.67. The number of hydrogen-bond donors (Lipinski definition) is 0. The summed E-state index contributed by atoms with van der Waals surface area (Å²) in [7, 11) is 0. The molecule has 318 valence electrons. The van der Waals surface area contributed by atoms with E-state index in [1.54, 1.807) is 16.9 Å². The molecule has 0 N–H and O–H groups in total. The van der Waals surface area contributed by atoms with E-state index in [-0.39, 0.29) is 0 Å². The van der Waals surface area contributed by atoms with Gasteiger partial charge in [-0.2, -0.15) is 0 Å². The molecule has 0 saturated heterocycles. The minimum atomic E-state index is 1.27. The predicted molar refractivity (Wildman–Crippen MR) is 288 cm³/mol. The average Bonchev–Trinajstić information content (AvgIpc) is 4.03. The number of rotatable bonds is 33. The second-order valence-electron chi connectivity index (χ2n) is 14.6. The summed E-state index contributed by atoms with van der Waals surface area (Å²) in [5, 5.41) is 4.89. The lowest BCUT2D eigenvalue weighted by atomic mass is 10.1. The van der Waals surface area contributed by atoms with Gasteiger partial charge in [0.15, 0.2) is 0 Å². The molecule has 0 bridgehead atoms. The second kappa shape index (κ2) is 33.2. The quantitative estimate of drug-likeness (QED) is 0.0575. The Kier molecular flexibility index (Phi) is 30.4. The zero-order chi connectivity index (χ0) is 39.5. The highest BCUT2D eigenvalue weighted by atomic mass is 32.3. The normalized spacial score (nSPS) is 17.5. The molecule has 0 fully saturated rings. The summed E-state index contributed by atoms with van der Waals surface area (Å²) in [5.41, 5.74) is 0. The first kappa shape index (κ1) is 51.3. The first-order chi connectivity index (χ1) is 27.7. The molecule has 0 spiro atoms. The molecular formula is C44H70S12. The Morgan fingerprint density at radius 1 is 0.304 bits per heavy atom. The van der Waals surface area contributed by atoms with E-state index < -0.39 is 0 Å². The summed E-state index contributed by atoms with van der Waals surface area (Å²) in [6.45, 7) is 9.26. The third kappa shape index (κ3) is 20.4. The van der Waals surface area contributed by atoms with Crippen LogP contribution in [-0.4, -0.2) is 23.0 Å². The Morgan fingerprint density at radius 2 is 0.554 bits per heavy atom. The maximum absolute atomic E-state index is 2.45. The largest absolute Gasteiger partial charge is 0.117 e. The van der Waals surface area contributed by atoms with Crippen molar-refractivity contribution in [1.82, 2.24) is 0 Å². The summed E-state index contributed by atoms with van der Waals surface area (Å²) in [5.74, 6) is 5.07. The molecule has 4 aliphatic rings. The topological polar surface area (TPSA) is 0 Å². The fourth-order valence-electron chi connectivity index (χ4n) is 6.16. The summed E-state index contributed by atoms with van der Waals surface area (Å²) < 4.78 is 12.4. The summed E-state index contributed by atoms with van der Waals surface area (Å²) in [4.78, 5) is 2.91. The molecule has 0 aliphatic carbocycles. The van der Waals surface area contributed by atoms with Crippen LogP contribution in [0.5, 0.6) is 0 Å². The Hall–Kier alpha value is 2.64. The van der Waals surface area contributed by atoms with Gasteiger partial charge in [-0.3, -0.25) is 0 Å².